The van der Waals surface area contributed by atoms with E-state index in [1.807, 2.05) is 0 Å². The van der Waals surface area contributed by atoms with Gasteiger partial charge in [0.05, 0.1) is 0 Å². The van der Waals surface area contributed by atoms with Crippen molar-refractivity contribution < 1.29 is 4.74 Å². The van der Waals surface area contributed by atoms with Crippen LogP contribution in [0.4, 0.5) is 0 Å². The first-order valence-corrected chi connectivity index (χ1v) is 12.5. The summed E-state index contributed by atoms with van der Waals surface area (Å²) in [4.78, 5) is 0. The number of benzene rings is 1. The number of rotatable bonds is 7. The highest BCUT2D eigenvalue weighted by Gasteiger charge is 2.36. The monoisotopic (exact) mass is 319 g/mol. The zero-order chi connectivity index (χ0) is 16.1. The van der Waals surface area contributed by atoms with Crippen molar-refractivity contribution in [2.45, 2.75) is 63.3 Å². The Bertz CT molecular complexity index is 436. The van der Waals surface area contributed by atoms with E-state index >= 15 is 0 Å². The summed E-state index contributed by atoms with van der Waals surface area (Å²) in [7, 11) is -0.933. The molecule has 3 heteroatoms. The normalized spacial score (nSPS) is 19.8. The molecule has 0 aromatic heterocycles. The minimum Gasteiger partial charge on any atom is -0.381 e. The van der Waals surface area contributed by atoms with Crippen LogP contribution < -0.4 is 5.73 Å². The predicted octanol–water partition coefficient (Wildman–Crippen LogP) is 4.78. The Hall–Kier alpha value is -0.643. The van der Waals surface area contributed by atoms with Gasteiger partial charge in [-0.1, -0.05) is 68.9 Å². The lowest BCUT2D eigenvalue weighted by atomic mass is 9.72. The Kier molecular flexibility index (Phi) is 6.24. The topological polar surface area (TPSA) is 35.2 Å². The Morgan fingerprint density at radius 2 is 1.73 bits per heavy atom. The lowest BCUT2D eigenvalue weighted by Crippen LogP contribution is -2.46. The maximum atomic E-state index is 7.00. The minimum absolute atomic E-state index is 0.176. The number of hydrogen-bond acceptors (Lipinski definition) is 2. The van der Waals surface area contributed by atoms with Crippen molar-refractivity contribution in [2.75, 3.05) is 13.2 Å². The smallest absolute Gasteiger partial charge is 0.0469 e. The second kappa shape index (κ2) is 7.76. The Labute approximate surface area is 137 Å². The molecule has 0 amide bonds. The summed E-state index contributed by atoms with van der Waals surface area (Å²) in [6, 6.07) is 12.2. The maximum absolute atomic E-state index is 7.00. The van der Waals surface area contributed by atoms with Gasteiger partial charge in [0.25, 0.3) is 0 Å². The molecule has 1 fully saturated rings. The fraction of sp³-hybridized carbons (Fsp3) is 0.684. The summed E-state index contributed by atoms with van der Waals surface area (Å²) in [5.41, 5.74) is 8.14. The summed E-state index contributed by atoms with van der Waals surface area (Å²) >= 11 is 0. The van der Waals surface area contributed by atoms with Crippen molar-refractivity contribution >= 4 is 8.07 Å². The van der Waals surface area contributed by atoms with Crippen LogP contribution >= 0.6 is 0 Å². The summed E-state index contributed by atoms with van der Waals surface area (Å²) < 4.78 is 5.55. The predicted molar refractivity (Wildman–Crippen MR) is 97.9 cm³/mol. The van der Waals surface area contributed by atoms with Crippen LogP contribution in [0.2, 0.25) is 25.7 Å². The number of unbranched alkanes of at least 4 members (excludes halogenated alkanes) is 1. The third kappa shape index (κ3) is 4.93. The fourth-order valence-electron chi connectivity index (χ4n) is 3.62. The van der Waals surface area contributed by atoms with E-state index in [1.54, 1.807) is 0 Å². The van der Waals surface area contributed by atoms with Gasteiger partial charge in [0.1, 0.15) is 0 Å². The van der Waals surface area contributed by atoms with Crippen LogP contribution in [0.5, 0.6) is 0 Å². The molecule has 2 N–H and O–H groups in total. The van der Waals surface area contributed by atoms with Crippen molar-refractivity contribution in [1.29, 1.82) is 0 Å². The molecule has 1 atom stereocenters. The molecule has 0 spiro atoms. The quantitative estimate of drug-likeness (QED) is 0.580. The number of hydrogen-bond donors (Lipinski definition) is 1. The van der Waals surface area contributed by atoms with Gasteiger partial charge in [-0.2, -0.15) is 0 Å². The van der Waals surface area contributed by atoms with E-state index in [1.165, 1.54) is 24.4 Å². The largest absolute Gasteiger partial charge is 0.381 e. The van der Waals surface area contributed by atoms with Crippen LogP contribution in [0, 0.1) is 5.92 Å². The third-order valence-corrected chi connectivity index (χ3v) is 6.88. The molecule has 124 valence electrons. The molecule has 1 aliphatic heterocycles. The maximum Gasteiger partial charge on any atom is 0.0469 e. The van der Waals surface area contributed by atoms with Crippen LogP contribution in [0.25, 0.3) is 0 Å². The van der Waals surface area contributed by atoms with E-state index in [2.05, 4.69) is 50.0 Å². The van der Waals surface area contributed by atoms with Gasteiger partial charge in [-0.05, 0) is 30.7 Å². The Morgan fingerprint density at radius 1 is 1.09 bits per heavy atom. The first kappa shape index (κ1) is 17.7. The van der Waals surface area contributed by atoms with Crippen molar-refractivity contribution in [3.63, 3.8) is 0 Å². The van der Waals surface area contributed by atoms with Crippen molar-refractivity contribution in [3.8, 4) is 0 Å². The van der Waals surface area contributed by atoms with Crippen LogP contribution in [0.1, 0.15) is 37.7 Å². The third-order valence-electron chi connectivity index (χ3n) is 5.03. The molecule has 22 heavy (non-hydrogen) atoms. The van der Waals surface area contributed by atoms with Crippen molar-refractivity contribution in [2.24, 2.45) is 11.7 Å². The first-order valence-electron chi connectivity index (χ1n) is 8.84. The molecule has 2 nitrogen and oxygen atoms in total. The van der Waals surface area contributed by atoms with Gasteiger partial charge < -0.3 is 10.5 Å². The van der Waals surface area contributed by atoms with Crippen LogP contribution in [-0.2, 0) is 10.3 Å². The average molecular weight is 320 g/mol. The van der Waals surface area contributed by atoms with Crippen molar-refractivity contribution in [3.05, 3.63) is 35.9 Å². The van der Waals surface area contributed by atoms with Gasteiger partial charge in [0.15, 0.2) is 0 Å². The van der Waals surface area contributed by atoms with Gasteiger partial charge in [0, 0.05) is 26.8 Å². The number of ether oxygens (including phenoxy) is 1. The van der Waals surface area contributed by atoms with Crippen LogP contribution in [0.15, 0.2) is 30.3 Å². The average Bonchev–Trinajstić information content (AvgIpc) is 2.52. The molecular formula is C19H33NOSi. The molecule has 0 aliphatic carbocycles. The summed E-state index contributed by atoms with van der Waals surface area (Å²) in [5, 5.41) is 0. The molecular weight excluding hydrogens is 286 g/mol. The second-order valence-corrected chi connectivity index (χ2v) is 13.7. The first-order chi connectivity index (χ1) is 10.4. The summed E-state index contributed by atoms with van der Waals surface area (Å²) in [5.74, 6) is 0.551. The molecule has 0 bridgehead atoms. The molecule has 1 heterocycles. The SMILES string of the molecule is C[Si](C)(C)CCCCC(N)(c1ccccc1)C1CCOCC1. The standard InChI is InChI=1S/C19H33NOSi/c1-22(2,3)16-8-7-13-19(20,17-9-5-4-6-10-17)18-11-14-21-15-12-18/h4-6,9-10,18H,7-8,11-16,20H2,1-3H3. The Balaban J connectivity index is 2.05. The van der Waals surface area contributed by atoms with E-state index < -0.39 is 8.07 Å². The molecule has 1 unspecified atom stereocenters. The van der Waals surface area contributed by atoms with Gasteiger partial charge in [-0.3, -0.25) is 0 Å². The van der Waals surface area contributed by atoms with E-state index in [9.17, 15) is 0 Å². The van der Waals surface area contributed by atoms with Crippen LogP contribution in [-0.4, -0.2) is 21.3 Å². The van der Waals surface area contributed by atoms with Gasteiger partial charge >= 0.3 is 0 Å². The summed E-state index contributed by atoms with van der Waals surface area (Å²) in [6.45, 7) is 9.10. The molecule has 0 saturated carbocycles. The van der Waals surface area contributed by atoms with E-state index in [0.717, 1.165) is 32.5 Å². The molecule has 0 radical (unpaired) electrons. The Morgan fingerprint density at radius 3 is 2.32 bits per heavy atom. The van der Waals surface area contributed by atoms with Gasteiger partial charge in [-0.15, -0.1) is 0 Å². The molecule has 1 aliphatic rings. The van der Waals surface area contributed by atoms with Crippen molar-refractivity contribution in [1.82, 2.24) is 0 Å². The number of nitrogens with two attached hydrogens (primary N) is 1. The molecule has 1 aromatic carbocycles. The van der Waals surface area contributed by atoms with Crippen LogP contribution in [0.3, 0.4) is 0 Å². The molecule has 1 saturated heterocycles. The van der Waals surface area contributed by atoms with E-state index in [4.69, 9.17) is 10.5 Å². The molecule has 2 rings (SSSR count). The zero-order valence-electron chi connectivity index (χ0n) is 14.6. The fourth-order valence-corrected chi connectivity index (χ4v) is 4.93. The molecule has 1 aromatic rings. The second-order valence-electron chi connectivity index (χ2n) is 8.06. The highest BCUT2D eigenvalue weighted by molar-refractivity contribution is 6.76. The minimum atomic E-state index is -0.933. The zero-order valence-corrected chi connectivity index (χ0v) is 15.6. The highest BCUT2D eigenvalue weighted by atomic mass is 28.3. The van der Waals surface area contributed by atoms with E-state index in [-0.39, 0.29) is 5.54 Å². The van der Waals surface area contributed by atoms with Gasteiger partial charge in [0.2, 0.25) is 0 Å². The highest BCUT2D eigenvalue weighted by Crippen LogP contribution is 2.38. The summed E-state index contributed by atoms with van der Waals surface area (Å²) in [6.07, 6.45) is 5.86. The lowest BCUT2D eigenvalue weighted by Gasteiger charge is -2.40. The van der Waals surface area contributed by atoms with Gasteiger partial charge in [-0.25, -0.2) is 0 Å². The van der Waals surface area contributed by atoms with E-state index in [0.29, 0.717) is 5.92 Å². The lowest BCUT2D eigenvalue weighted by molar-refractivity contribution is 0.0343.